The summed E-state index contributed by atoms with van der Waals surface area (Å²) in [7, 11) is 1.19. The van der Waals surface area contributed by atoms with Gasteiger partial charge in [0, 0.05) is 6.54 Å². The van der Waals surface area contributed by atoms with Crippen LogP contribution in [0.1, 0.15) is 57.2 Å². The van der Waals surface area contributed by atoms with Gasteiger partial charge in [-0.2, -0.15) is 0 Å². The molecule has 2 aromatic rings. The van der Waals surface area contributed by atoms with Crippen LogP contribution in [0.25, 0.3) is 11.1 Å². The van der Waals surface area contributed by atoms with E-state index in [1.807, 2.05) is 48.5 Å². The van der Waals surface area contributed by atoms with Crippen LogP contribution in [-0.4, -0.2) is 121 Å². The summed E-state index contributed by atoms with van der Waals surface area (Å²) in [5, 5.41) is 59.8. The maximum atomic E-state index is 13.2. The molecule has 0 fully saturated rings. The number of ether oxygens (including phenoxy) is 2. The average molecular weight is 633 g/mol. The second-order valence-electron chi connectivity index (χ2n) is 12.0. The molecule has 5 unspecified atom stereocenters. The van der Waals surface area contributed by atoms with E-state index in [-0.39, 0.29) is 25.8 Å². The summed E-state index contributed by atoms with van der Waals surface area (Å²) in [4.78, 5) is 41.1. The molecule has 248 valence electrons. The molecule has 5 atom stereocenters. The Morgan fingerprint density at radius 1 is 0.844 bits per heavy atom. The van der Waals surface area contributed by atoms with Crippen LogP contribution in [0.2, 0.25) is 0 Å². The van der Waals surface area contributed by atoms with Crippen LogP contribution in [0.5, 0.6) is 0 Å². The highest BCUT2D eigenvalue weighted by atomic mass is 16.6. The maximum absolute atomic E-state index is 13.2. The highest BCUT2D eigenvalue weighted by Crippen LogP contribution is 2.47. The van der Waals surface area contributed by atoms with Crippen molar-refractivity contribution in [2.45, 2.75) is 82.1 Å². The maximum Gasteiger partial charge on any atom is 0.411 e. The zero-order valence-electron chi connectivity index (χ0n) is 25.9. The minimum absolute atomic E-state index is 0.0000106. The molecule has 6 N–H and O–H groups in total. The topological polar surface area (TPSA) is 198 Å². The van der Waals surface area contributed by atoms with Gasteiger partial charge in [-0.25, -0.2) is 14.4 Å². The lowest BCUT2D eigenvalue weighted by Gasteiger charge is -2.34. The molecule has 13 nitrogen and oxygen atoms in total. The third-order valence-corrected chi connectivity index (χ3v) is 7.63. The second kappa shape index (κ2) is 15.5. The predicted molar refractivity (Wildman–Crippen MR) is 162 cm³/mol. The van der Waals surface area contributed by atoms with Crippen LogP contribution in [0.15, 0.2) is 48.5 Å². The van der Waals surface area contributed by atoms with E-state index in [9.17, 15) is 39.9 Å². The lowest BCUT2D eigenvalue weighted by atomic mass is 9.99. The molecule has 2 aromatic carbocycles. The van der Waals surface area contributed by atoms with E-state index in [0.717, 1.165) is 27.2 Å². The van der Waals surface area contributed by atoms with Crippen LogP contribution in [0.4, 0.5) is 9.59 Å². The predicted octanol–water partition coefficient (Wildman–Crippen LogP) is 2.12. The van der Waals surface area contributed by atoms with Crippen LogP contribution in [0.3, 0.4) is 0 Å². The van der Waals surface area contributed by atoms with Crippen LogP contribution < -0.4 is 0 Å². The summed E-state index contributed by atoms with van der Waals surface area (Å²) >= 11 is 0. The number of hydrogen-bond donors (Lipinski definition) is 6. The number of unbranched alkanes of at least 4 members (excludes halogenated alkanes) is 1. The zero-order chi connectivity index (χ0) is 33.5. The Balaban J connectivity index is 1.79. The van der Waals surface area contributed by atoms with Gasteiger partial charge in [0.15, 0.2) is 0 Å². The number of carboxylic acids is 1. The molecule has 2 amide bonds. The smallest absolute Gasteiger partial charge is 0.411 e. The van der Waals surface area contributed by atoms with Crippen molar-refractivity contribution in [3.05, 3.63) is 59.7 Å². The molecule has 1 aliphatic rings. The Morgan fingerprint density at radius 2 is 1.38 bits per heavy atom. The van der Waals surface area contributed by atoms with E-state index < -0.39 is 73.4 Å². The number of benzene rings is 2. The van der Waals surface area contributed by atoms with Gasteiger partial charge in [0.25, 0.3) is 0 Å². The van der Waals surface area contributed by atoms with Gasteiger partial charge in [-0.15, -0.1) is 0 Å². The third-order valence-electron chi connectivity index (χ3n) is 7.63. The van der Waals surface area contributed by atoms with Crippen molar-refractivity contribution in [3.8, 4) is 11.1 Å². The van der Waals surface area contributed by atoms with E-state index in [2.05, 4.69) is 0 Å². The van der Waals surface area contributed by atoms with Gasteiger partial charge in [-0.05, 0) is 62.3 Å². The summed E-state index contributed by atoms with van der Waals surface area (Å²) in [6.07, 6.45) is -8.38. The SMILES string of the molecule is COC(=O)N(C(CCCCN(CC(O)C(O)C(O)C(O)CO)C(=O)OC(C)(C)C)C(=O)O)C1c2ccccc2-c2ccccc21. The molecule has 0 saturated carbocycles. The minimum atomic E-state index is -1.89. The average Bonchev–Trinajstić information content (AvgIpc) is 3.33. The molecular weight excluding hydrogens is 588 g/mol. The summed E-state index contributed by atoms with van der Waals surface area (Å²) < 4.78 is 10.5. The highest BCUT2D eigenvalue weighted by molar-refractivity contribution is 5.85. The van der Waals surface area contributed by atoms with Crippen molar-refractivity contribution in [2.24, 2.45) is 0 Å². The standard InChI is InChI=1S/C32H44N2O11/c1-32(2,3)45-30(42)33(17-24(36)27(38)28(39)25(37)18-35)16-10-9-15-23(29(40)41)34(31(43)44-4)26-21-13-7-5-11-19(21)20-12-6-8-14-22(20)26/h5-8,11-14,23-28,35-39H,9-10,15-18H2,1-4H3,(H,40,41). The Morgan fingerprint density at radius 3 is 1.87 bits per heavy atom. The van der Waals surface area contributed by atoms with Gasteiger partial charge in [0.2, 0.25) is 0 Å². The molecule has 0 spiro atoms. The van der Waals surface area contributed by atoms with Crippen LogP contribution in [-0.2, 0) is 14.3 Å². The highest BCUT2D eigenvalue weighted by Gasteiger charge is 2.42. The fourth-order valence-corrected chi connectivity index (χ4v) is 5.45. The molecular formula is C32H44N2O11. The molecule has 0 bridgehead atoms. The number of aliphatic hydroxyl groups excluding tert-OH is 5. The van der Waals surface area contributed by atoms with E-state index in [1.165, 1.54) is 12.0 Å². The number of hydrogen-bond acceptors (Lipinski definition) is 10. The van der Waals surface area contributed by atoms with Crippen LogP contribution >= 0.6 is 0 Å². The van der Waals surface area contributed by atoms with Crippen molar-refractivity contribution in [2.75, 3.05) is 26.8 Å². The first-order valence-electron chi connectivity index (χ1n) is 14.8. The summed E-state index contributed by atoms with van der Waals surface area (Å²) in [6.45, 7) is 3.57. The number of carbonyl (C=O) groups excluding carboxylic acids is 2. The summed E-state index contributed by atoms with van der Waals surface area (Å²) in [6, 6.07) is 12.9. The number of methoxy groups -OCH3 is 1. The van der Waals surface area contributed by atoms with Gasteiger partial charge >= 0.3 is 18.2 Å². The Kier molecular flexibility index (Phi) is 12.3. The van der Waals surface area contributed by atoms with Crippen molar-refractivity contribution in [1.82, 2.24) is 9.80 Å². The molecule has 1 aliphatic carbocycles. The van der Waals surface area contributed by atoms with E-state index in [1.54, 1.807) is 20.8 Å². The minimum Gasteiger partial charge on any atom is -0.480 e. The van der Waals surface area contributed by atoms with E-state index in [0.29, 0.717) is 0 Å². The third kappa shape index (κ3) is 8.70. The first kappa shape index (κ1) is 35.7. The molecule has 13 heteroatoms. The number of carbonyl (C=O) groups is 3. The first-order chi connectivity index (χ1) is 21.2. The van der Waals surface area contributed by atoms with E-state index >= 15 is 0 Å². The van der Waals surface area contributed by atoms with Crippen molar-refractivity contribution < 1.29 is 54.5 Å². The van der Waals surface area contributed by atoms with E-state index in [4.69, 9.17) is 14.6 Å². The second-order valence-corrected chi connectivity index (χ2v) is 12.0. The van der Waals surface area contributed by atoms with Crippen molar-refractivity contribution >= 4 is 18.2 Å². The van der Waals surface area contributed by atoms with Crippen LogP contribution in [0, 0.1) is 0 Å². The Labute approximate surface area is 262 Å². The van der Waals surface area contributed by atoms with Gasteiger partial charge < -0.3 is 45.0 Å². The molecule has 0 saturated heterocycles. The summed E-state index contributed by atoms with van der Waals surface area (Å²) in [5.41, 5.74) is 2.43. The molecule has 0 heterocycles. The molecule has 0 radical (unpaired) electrons. The molecule has 0 aliphatic heterocycles. The van der Waals surface area contributed by atoms with Crippen molar-refractivity contribution in [3.63, 3.8) is 0 Å². The number of fused-ring (bicyclic) bond motifs is 3. The summed E-state index contributed by atoms with van der Waals surface area (Å²) in [5.74, 6) is -1.23. The monoisotopic (exact) mass is 632 g/mol. The van der Waals surface area contributed by atoms with Gasteiger partial charge in [-0.3, -0.25) is 4.90 Å². The zero-order valence-corrected chi connectivity index (χ0v) is 25.9. The number of amides is 2. The fourth-order valence-electron chi connectivity index (χ4n) is 5.45. The quantitative estimate of drug-likeness (QED) is 0.167. The Bertz CT molecular complexity index is 1270. The lowest BCUT2D eigenvalue weighted by Crippen LogP contribution is -2.51. The number of aliphatic hydroxyl groups is 5. The van der Waals surface area contributed by atoms with Gasteiger partial charge in [0.05, 0.1) is 26.3 Å². The lowest BCUT2D eigenvalue weighted by molar-refractivity contribution is -0.143. The van der Waals surface area contributed by atoms with Gasteiger partial charge in [-0.1, -0.05) is 48.5 Å². The first-order valence-corrected chi connectivity index (χ1v) is 14.8. The molecule has 0 aromatic heterocycles. The number of rotatable bonds is 14. The van der Waals surface area contributed by atoms with Gasteiger partial charge in [0.1, 0.15) is 36.1 Å². The number of nitrogens with zero attached hydrogens (tertiary/aromatic N) is 2. The normalized spacial score (nSPS) is 16.0. The largest absolute Gasteiger partial charge is 0.480 e. The molecule has 45 heavy (non-hydrogen) atoms. The van der Waals surface area contributed by atoms with Crippen molar-refractivity contribution in [1.29, 1.82) is 0 Å². The number of carboxylic acid groups (broad SMARTS) is 1. The fraction of sp³-hybridized carbons (Fsp3) is 0.531. The number of aliphatic carboxylic acids is 1. The molecule has 3 rings (SSSR count). The Hall–Kier alpha value is -3.75.